The van der Waals surface area contributed by atoms with Crippen molar-refractivity contribution in [2.75, 3.05) is 0 Å². The zero-order valence-electron chi connectivity index (χ0n) is 13.7. The lowest BCUT2D eigenvalue weighted by atomic mass is 9.94. The van der Waals surface area contributed by atoms with Gasteiger partial charge < -0.3 is 5.11 Å². The van der Waals surface area contributed by atoms with E-state index in [2.05, 4.69) is 52.0 Å². The van der Waals surface area contributed by atoms with Gasteiger partial charge in [-0.1, -0.05) is 60.9 Å². The molecule has 0 aromatic carbocycles. The van der Waals surface area contributed by atoms with Crippen molar-refractivity contribution in [1.29, 1.82) is 0 Å². The Balaban J connectivity index is 3.00. The van der Waals surface area contributed by atoms with E-state index in [1.165, 1.54) is 16.7 Å². The molecule has 0 aromatic rings. The van der Waals surface area contributed by atoms with Crippen LogP contribution in [0.15, 0.2) is 47.1 Å². The van der Waals surface area contributed by atoms with Gasteiger partial charge in [0.05, 0.1) is 5.60 Å². The van der Waals surface area contributed by atoms with Crippen LogP contribution in [0, 0.1) is 5.92 Å². The third-order valence-corrected chi connectivity index (χ3v) is 3.87. The molecule has 0 fully saturated rings. The van der Waals surface area contributed by atoms with Gasteiger partial charge >= 0.3 is 0 Å². The van der Waals surface area contributed by atoms with E-state index in [9.17, 15) is 5.11 Å². The van der Waals surface area contributed by atoms with E-state index in [0.717, 1.165) is 25.7 Å². The van der Waals surface area contributed by atoms with E-state index in [4.69, 9.17) is 0 Å². The maximum absolute atomic E-state index is 10.3. The Morgan fingerprint density at radius 1 is 1.15 bits per heavy atom. The quantitative estimate of drug-likeness (QED) is 0.640. The molecule has 1 atom stereocenters. The van der Waals surface area contributed by atoms with Gasteiger partial charge in [0.2, 0.25) is 0 Å². The molecule has 1 heteroatoms. The summed E-state index contributed by atoms with van der Waals surface area (Å²) in [5, 5.41) is 10.3. The van der Waals surface area contributed by atoms with Crippen LogP contribution in [0.1, 0.15) is 60.3 Å². The molecule has 0 aliphatic heterocycles. The van der Waals surface area contributed by atoms with Crippen LogP contribution in [-0.2, 0) is 0 Å². The highest BCUT2D eigenvalue weighted by Gasteiger charge is 2.15. The molecule has 1 nitrogen and oxygen atoms in total. The average molecular weight is 274 g/mol. The molecule has 0 spiro atoms. The fraction of sp³-hybridized carbons (Fsp3) is 0.579. The first-order chi connectivity index (χ1) is 9.30. The van der Waals surface area contributed by atoms with E-state index in [1.54, 1.807) is 0 Å². The molecule has 0 aromatic heterocycles. The second kappa shape index (κ2) is 7.64. The minimum Gasteiger partial charge on any atom is -0.386 e. The summed E-state index contributed by atoms with van der Waals surface area (Å²) < 4.78 is 0. The van der Waals surface area contributed by atoms with Crippen LogP contribution >= 0.6 is 0 Å². The summed E-state index contributed by atoms with van der Waals surface area (Å²) in [6.07, 6.45) is 14.5. The predicted octanol–water partition coefficient (Wildman–Crippen LogP) is 5.34. The van der Waals surface area contributed by atoms with Crippen molar-refractivity contribution in [3.63, 3.8) is 0 Å². The van der Waals surface area contributed by atoms with Crippen LogP contribution in [-0.4, -0.2) is 10.7 Å². The molecule has 1 unspecified atom stereocenters. The lowest BCUT2D eigenvalue weighted by Gasteiger charge is -2.18. The molecule has 1 N–H and O–H groups in total. The largest absolute Gasteiger partial charge is 0.386 e. The van der Waals surface area contributed by atoms with Crippen LogP contribution < -0.4 is 0 Å². The Hall–Kier alpha value is -1.08. The lowest BCUT2D eigenvalue weighted by Crippen LogP contribution is -2.20. The van der Waals surface area contributed by atoms with Crippen LogP contribution in [0.25, 0.3) is 0 Å². The molecule has 0 radical (unpaired) electrons. The molecule has 0 saturated carbocycles. The van der Waals surface area contributed by atoms with E-state index < -0.39 is 5.60 Å². The molecule has 112 valence electrons. The van der Waals surface area contributed by atoms with Gasteiger partial charge in [-0.2, -0.15) is 0 Å². The predicted molar refractivity (Wildman–Crippen MR) is 88.7 cm³/mol. The highest BCUT2D eigenvalue weighted by molar-refractivity contribution is 5.24. The Morgan fingerprint density at radius 3 is 2.50 bits per heavy atom. The molecule has 1 aliphatic rings. The van der Waals surface area contributed by atoms with Gasteiger partial charge in [0.15, 0.2) is 0 Å². The van der Waals surface area contributed by atoms with Crippen molar-refractivity contribution in [2.45, 2.75) is 65.9 Å². The minimum atomic E-state index is -0.695. The van der Waals surface area contributed by atoms with Crippen molar-refractivity contribution in [1.82, 2.24) is 0 Å². The van der Waals surface area contributed by atoms with Gasteiger partial charge in [-0.15, -0.1) is 0 Å². The maximum Gasteiger partial charge on any atom is 0.0802 e. The lowest BCUT2D eigenvalue weighted by molar-refractivity contribution is 0.103. The Morgan fingerprint density at radius 2 is 1.85 bits per heavy atom. The number of hydrogen-bond donors (Lipinski definition) is 1. The molecule has 1 rings (SSSR count). The van der Waals surface area contributed by atoms with Crippen molar-refractivity contribution in [3.05, 3.63) is 47.1 Å². The Bertz CT molecular complexity index is 431. The highest BCUT2D eigenvalue weighted by Crippen LogP contribution is 2.22. The van der Waals surface area contributed by atoms with Gasteiger partial charge in [0.1, 0.15) is 0 Å². The van der Waals surface area contributed by atoms with Gasteiger partial charge in [0, 0.05) is 0 Å². The zero-order chi connectivity index (χ0) is 15.2. The number of allylic oxidation sites excluding steroid dienone is 7. The number of hydrogen-bond acceptors (Lipinski definition) is 1. The van der Waals surface area contributed by atoms with E-state index in [0.29, 0.717) is 5.92 Å². The van der Waals surface area contributed by atoms with Gasteiger partial charge in [-0.3, -0.25) is 0 Å². The normalized spacial score (nSPS) is 26.1. The van der Waals surface area contributed by atoms with Gasteiger partial charge in [0.25, 0.3) is 0 Å². The first-order valence-corrected chi connectivity index (χ1v) is 7.72. The molecule has 1 aliphatic carbocycles. The topological polar surface area (TPSA) is 20.2 Å². The van der Waals surface area contributed by atoms with E-state index in [-0.39, 0.29) is 0 Å². The second-order valence-corrected chi connectivity index (χ2v) is 6.64. The van der Waals surface area contributed by atoms with Crippen LogP contribution in [0.2, 0.25) is 0 Å². The van der Waals surface area contributed by atoms with Crippen molar-refractivity contribution in [2.24, 2.45) is 5.92 Å². The van der Waals surface area contributed by atoms with Crippen molar-refractivity contribution in [3.8, 4) is 0 Å². The third kappa shape index (κ3) is 6.38. The zero-order valence-corrected chi connectivity index (χ0v) is 13.7. The third-order valence-electron chi connectivity index (χ3n) is 3.87. The smallest absolute Gasteiger partial charge is 0.0802 e. The second-order valence-electron chi connectivity index (χ2n) is 6.64. The fourth-order valence-electron chi connectivity index (χ4n) is 2.36. The Kier molecular flexibility index (Phi) is 6.48. The van der Waals surface area contributed by atoms with Gasteiger partial charge in [-0.05, 0) is 52.4 Å². The van der Waals surface area contributed by atoms with E-state index in [1.807, 2.05) is 13.0 Å². The summed E-state index contributed by atoms with van der Waals surface area (Å²) >= 11 is 0. The van der Waals surface area contributed by atoms with Crippen LogP contribution in [0.4, 0.5) is 0 Å². The molecule has 0 heterocycles. The maximum atomic E-state index is 10.3. The summed E-state index contributed by atoms with van der Waals surface area (Å²) in [5.41, 5.74) is 3.51. The molecular weight excluding hydrogens is 244 g/mol. The van der Waals surface area contributed by atoms with Crippen LogP contribution in [0.3, 0.4) is 0 Å². The minimum absolute atomic E-state index is 0.575. The average Bonchev–Trinajstić information content (AvgIpc) is 2.33. The number of rotatable bonds is 1. The van der Waals surface area contributed by atoms with Gasteiger partial charge in [-0.25, -0.2) is 0 Å². The molecule has 0 amide bonds. The summed E-state index contributed by atoms with van der Waals surface area (Å²) in [6, 6.07) is 0. The molecule has 20 heavy (non-hydrogen) atoms. The fourth-order valence-corrected chi connectivity index (χ4v) is 2.36. The Labute approximate surface area is 124 Å². The van der Waals surface area contributed by atoms with E-state index >= 15 is 0 Å². The first kappa shape index (κ1) is 17.0. The van der Waals surface area contributed by atoms with Crippen molar-refractivity contribution < 1.29 is 5.11 Å². The summed E-state index contributed by atoms with van der Waals surface area (Å²) in [7, 11) is 0. The summed E-state index contributed by atoms with van der Waals surface area (Å²) in [5.74, 6) is 0.575. The molecule has 0 saturated heterocycles. The first-order valence-electron chi connectivity index (χ1n) is 7.72. The standard InChI is InChI=1S/C19H30O/c1-15(2)18-11-10-16(3)8-6-12-19(5,20)13-7-9-17(4)14-18/h6,9-12,15,20H,7-8,13-14H2,1-5H3. The van der Waals surface area contributed by atoms with Crippen LogP contribution in [0.5, 0.6) is 0 Å². The summed E-state index contributed by atoms with van der Waals surface area (Å²) in [4.78, 5) is 0. The molecular formula is C19H30O. The highest BCUT2D eigenvalue weighted by atomic mass is 16.3. The number of aliphatic hydroxyl groups is 1. The monoisotopic (exact) mass is 274 g/mol. The van der Waals surface area contributed by atoms with Crippen molar-refractivity contribution >= 4 is 0 Å². The SMILES string of the molecule is CC1=CC=C(C(C)C)CC(C)=CCCC(C)(O)C=CC1. The molecule has 0 bridgehead atoms. The summed E-state index contributed by atoms with van der Waals surface area (Å²) in [6.45, 7) is 10.7.